The Hall–Kier alpha value is -1.84. The van der Waals surface area contributed by atoms with Gasteiger partial charge in [0, 0.05) is 6.04 Å². The van der Waals surface area contributed by atoms with Crippen molar-refractivity contribution >= 4 is 11.9 Å². The predicted octanol–water partition coefficient (Wildman–Crippen LogP) is 2.32. The topological polar surface area (TPSA) is 55.4 Å². The lowest BCUT2D eigenvalue weighted by molar-refractivity contribution is -0.148. The molecule has 0 aromatic heterocycles. The number of rotatable bonds is 5. The summed E-state index contributed by atoms with van der Waals surface area (Å²) >= 11 is 0. The van der Waals surface area contributed by atoms with Crippen LogP contribution in [-0.2, 0) is 33.6 Å². The third kappa shape index (κ3) is 3.87. The van der Waals surface area contributed by atoms with Gasteiger partial charge >= 0.3 is 5.97 Å². The number of carbonyl (C=O) groups excluding carboxylic acids is 2. The van der Waals surface area contributed by atoms with Gasteiger partial charge in [-0.25, -0.2) is 0 Å². The zero-order chi connectivity index (χ0) is 15.4. The molecule has 1 aromatic carbocycles. The predicted molar refractivity (Wildman–Crippen MR) is 83.5 cm³/mol. The molecule has 0 spiro atoms. The second-order valence-electron chi connectivity index (χ2n) is 6.34. The number of hydrogen-bond acceptors (Lipinski definition) is 3. The van der Waals surface area contributed by atoms with Crippen LogP contribution in [0.5, 0.6) is 0 Å². The molecular formula is C18H23NO3. The Labute approximate surface area is 131 Å². The molecule has 1 fully saturated rings. The highest BCUT2D eigenvalue weighted by Gasteiger charge is 2.18. The van der Waals surface area contributed by atoms with Crippen LogP contribution in [0.15, 0.2) is 18.2 Å². The van der Waals surface area contributed by atoms with E-state index in [-0.39, 0.29) is 30.9 Å². The SMILES string of the molecule is O=C(COC(=O)Cc1ccc2c(c1)CCC2)NC1CCCC1. The van der Waals surface area contributed by atoms with Crippen LogP contribution in [0.1, 0.15) is 48.8 Å². The third-order valence-electron chi connectivity index (χ3n) is 4.60. The lowest BCUT2D eigenvalue weighted by Crippen LogP contribution is -2.36. The van der Waals surface area contributed by atoms with Gasteiger partial charge in [-0.05, 0) is 48.8 Å². The molecule has 0 aliphatic heterocycles. The van der Waals surface area contributed by atoms with Crippen molar-refractivity contribution in [3.05, 3.63) is 34.9 Å². The molecule has 1 N–H and O–H groups in total. The number of ether oxygens (including phenoxy) is 1. The van der Waals surface area contributed by atoms with Crippen molar-refractivity contribution < 1.29 is 14.3 Å². The molecule has 0 heterocycles. The molecule has 2 aliphatic carbocycles. The number of amides is 1. The Morgan fingerprint density at radius 1 is 1.09 bits per heavy atom. The van der Waals surface area contributed by atoms with Crippen molar-refractivity contribution in [2.75, 3.05) is 6.61 Å². The molecule has 1 amide bonds. The van der Waals surface area contributed by atoms with Gasteiger partial charge < -0.3 is 10.1 Å². The molecule has 2 aliphatic rings. The Morgan fingerprint density at radius 3 is 2.68 bits per heavy atom. The van der Waals surface area contributed by atoms with E-state index >= 15 is 0 Å². The zero-order valence-corrected chi connectivity index (χ0v) is 12.9. The number of nitrogens with one attached hydrogen (secondary N) is 1. The highest BCUT2D eigenvalue weighted by Crippen LogP contribution is 2.23. The zero-order valence-electron chi connectivity index (χ0n) is 12.9. The Morgan fingerprint density at radius 2 is 1.86 bits per heavy atom. The van der Waals surface area contributed by atoms with Crippen LogP contribution in [-0.4, -0.2) is 24.5 Å². The van der Waals surface area contributed by atoms with Gasteiger partial charge in [-0.2, -0.15) is 0 Å². The first-order valence-corrected chi connectivity index (χ1v) is 8.26. The minimum atomic E-state index is -0.334. The van der Waals surface area contributed by atoms with Crippen molar-refractivity contribution in [3.63, 3.8) is 0 Å². The molecule has 4 nitrogen and oxygen atoms in total. The number of esters is 1. The van der Waals surface area contributed by atoms with E-state index in [2.05, 4.69) is 17.4 Å². The van der Waals surface area contributed by atoms with Gasteiger partial charge in [0.05, 0.1) is 6.42 Å². The van der Waals surface area contributed by atoms with Crippen LogP contribution in [0.25, 0.3) is 0 Å². The van der Waals surface area contributed by atoms with Gasteiger partial charge in [0.1, 0.15) is 0 Å². The quantitative estimate of drug-likeness (QED) is 0.849. The Balaban J connectivity index is 1.43. The number of fused-ring (bicyclic) bond motifs is 1. The van der Waals surface area contributed by atoms with Crippen LogP contribution in [0.4, 0.5) is 0 Å². The molecule has 0 saturated heterocycles. The fourth-order valence-electron chi connectivity index (χ4n) is 3.44. The van der Waals surface area contributed by atoms with Crippen LogP contribution < -0.4 is 5.32 Å². The van der Waals surface area contributed by atoms with Gasteiger partial charge in [0.25, 0.3) is 5.91 Å². The molecule has 0 unspecified atom stereocenters. The Kier molecular flexibility index (Phi) is 4.76. The maximum absolute atomic E-state index is 11.9. The molecule has 118 valence electrons. The van der Waals surface area contributed by atoms with Crippen molar-refractivity contribution in [2.24, 2.45) is 0 Å². The highest BCUT2D eigenvalue weighted by atomic mass is 16.5. The average Bonchev–Trinajstić information content (AvgIpc) is 3.15. The summed E-state index contributed by atoms with van der Waals surface area (Å²) in [5.74, 6) is -0.520. The van der Waals surface area contributed by atoms with E-state index in [0.717, 1.165) is 31.2 Å². The summed E-state index contributed by atoms with van der Waals surface area (Å²) in [4.78, 5) is 23.6. The van der Waals surface area contributed by atoms with Gasteiger partial charge in [-0.1, -0.05) is 31.0 Å². The van der Waals surface area contributed by atoms with Crippen LogP contribution in [0.3, 0.4) is 0 Å². The van der Waals surface area contributed by atoms with E-state index in [0.29, 0.717) is 0 Å². The number of hydrogen-bond donors (Lipinski definition) is 1. The molecule has 0 radical (unpaired) electrons. The van der Waals surface area contributed by atoms with Crippen molar-refractivity contribution in [2.45, 2.75) is 57.4 Å². The summed E-state index contributed by atoms with van der Waals surface area (Å²) in [5, 5.41) is 2.92. The smallest absolute Gasteiger partial charge is 0.310 e. The summed E-state index contributed by atoms with van der Waals surface area (Å²) < 4.78 is 5.09. The summed E-state index contributed by atoms with van der Waals surface area (Å²) in [6, 6.07) is 6.46. The van der Waals surface area contributed by atoms with E-state index in [1.165, 1.54) is 30.4 Å². The third-order valence-corrected chi connectivity index (χ3v) is 4.60. The molecule has 4 heteroatoms. The first-order valence-electron chi connectivity index (χ1n) is 8.26. The second kappa shape index (κ2) is 6.95. The summed E-state index contributed by atoms with van der Waals surface area (Å²) in [5.41, 5.74) is 3.72. The maximum atomic E-state index is 11.9. The van der Waals surface area contributed by atoms with Crippen LogP contribution in [0.2, 0.25) is 0 Å². The average molecular weight is 301 g/mol. The molecule has 22 heavy (non-hydrogen) atoms. The fraction of sp³-hybridized carbons (Fsp3) is 0.556. The summed E-state index contributed by atoms with van der Waals surface area (Å²) in [6.45, 7) is -0.166. The van der Waals surface area contributed by atoms with E-state index in [1.807, 2.05) is 6.07 Å². The first kappa shape index (κ1) is 15.1. The standard InChI is InChI=1S/C18H23NO3/c20-17(19-16-6-1-2-7-16)12-22-18(21)11-13-8-9-14-4-3-5-15(14)10-13/h8-10,16H,1-7,11-12H2,(H,19,20). The second-order valence-corrected chi connectivity index (χ2v) is 6.34. The first-order chi connectivity index (χ1) is 10.7. The number of aryl methyl sites for hydroxylation is 2. The molecular weight excluding hydrogens is 278 g/mol. The van der Waals surface area contributed by atoms with Crippen LogP contribution >= 0.6 is 0 Å². The lowest BCUT2D eigenvalue weighted by Gasteiger charge is -2.12. The van der Waals surface area contributed by atoms with Crippen molar-refractivity contribution in [3.8, 4) is 0 Å². The maximum Gasteiger partial charge on any atom is 0.310 e. The molecule has 0 bridgehead atoms. The van der Waals surface area contributed by atoms with E-state index in [4.69, 9.17) is 4.74 Å². The molecule has 0 atom stereocenters. The fourth-order valence-corrected chi connectivity index (χ4v) is 3.44. The van der Waals surface area contributed by atoms with Gasteiger partial charge in [0.2, 0.25) is 0 Å². The normalized spacial score (nSPS) is 17.3. The summed E-state index contributed by atoms with van der Waals surface area (Å²) in [6.07, 6.45) is 8.09. The number of benzene rings is 1. The van der Waals surface area contributed by atoms with E-state index in [9.17, 15) is 9.59 Å². The monoisotopic (exact) mass is 301 g/mol. The minimum absolute atomic E-state index is 0.166. The highest BCUT2D eigenvalue weighted by molar-refractivity contribution is 5.81. The molecule has 3 rings (SSSR count). The number of carbonyl (C=O) groups is 2. The van der Waals surface area contributed by atoms with E-state index in [1.54, 1.807) is 0 Å². The van der Waals surface area contributed by atoms with Crippen molar-refractivity contribution in [1.29, 1.82) is 0 Å². The molecule has 1 saturated carbocycles. The Bertz CT molecular complexity index is 561. The van der Waals surface area contributed by atoms with E-state index < -0.39 is 0 Å². The van der Waals surface area contributed by atoms with Gasteiger partial charge in [0.15, 0.2) is 6.61 Å². The lowest BCUT2D eigenvalue weighted by atomic mass is 10.0. The summed E-state index contributed by atoms with van der Waals surface area (Å²) in [7, 11) is 0. The van der Waals surface area contributed by atoms with Gasteiger partial charge in [-0.15, -0.1) is 0 Å². The van der Waals surface area contributed by atoms with Gasteiger partial charge in [-0.3, -0.25) is 9.59 Å². The van der Waals surface area contributed by atoms with Crippen molar-refractivity contribution in [1.82, 2.24) is 5.32 Å². The molecule has 1 aromatic rings. The van der Waals surface area contributed by atoms with Crippen LogP contribution in [0, 0.1) is 0 Å². The largest absolute Gasteiger partial charge is 0.455 e. The minimum Gasteiger partial charge on any atom is -0.455 e.